The number of fused-ring (bicyclic) bond motifs is 1. The third-order valence-corrected chi connectivity index (χ3v) is 3.79. The summed E-state index contributed by atoms with van der Waals surface area (Å²) in [4.78, 5) is 0. The smallest absolute Gasteiger partial charge is 0.162 e. The van der Waals surface area contributed by atoms with Crippen LogP contribution in [0.15, 0.2) is 59.4 Å². The van der Waals surface area contributed by atoms with Crippen LogP contribution in [0.4, 0.5) is 0 Å². The Morgan fingerprint density at radius 2 is 1.80 bits per heavy atom. The summed E-state index contributed by atoms with van der Waals surface area (Å²) >= 11 is 3.41. The van der Waals surface area contributed by atoms with Gasteiger partial charge in [0.2, 0.25) is 0 Å². The minimum Gasteiger partial charge on any atom is -0.490 e. The lowest BCUT2D eigenvalue weighted by atomic mass is 10.0. The summed E-state index contributed by atoms with van der Waals surface area (Å²) in [6.07, 6.45) is 4.42. The highest BCUT2D eigenvalue weighted by Gasteiger charge is 2.17. The lowest BCUT2D eigenvalue weighted by Gasteiger charge is -2.11. The van der Waals surface area contributed by atoms with E-state index in [1.807, 2.05) is 18.2 Å². The molecule has 2 aliphatic rings. The monoisotopic (exact) mass is 330 g/mol. The van der Waals surface area contributed by atoms with E-state index in [0.717, 1.165) is 28.6 Å². The third kappa shape index (κ3) is 2.59. The highest BCUT2D eigenvalue weighted by molar-refractivity contribution is 9.09. The van der Waals surface area contributed by atoms with E-state index in [1.54, 1.807) is 12.5 Å². The number of rotatable bonds is 5. The van der Waals surface area contributed by atoms with Gasteiger partial charge in [-0.05, 0) is 17.5 Å². The van der Waals surface area contributed by atoms with Crippen LogP contribution in [0.3, 0.4) is 0 Å². The number of hydrogen-bond acceptors (Lipinski definition) is 2. The maximum Gasteiger partial charge on any atom is 0.162 e. The van der Waals surface area contributed by atoms with Crippen molar-refractivity contribution in [1.82, 2.24) is 0 Å². The van der Waals surface area contributed by atoms with Crippen LogP contribution < -0.4 is 4.74 Å². The van der Waals surface area contributed by atoms with Crippen molar-refractivity contribution in [2.24, 2.45) is 0 Å². The van der Waals surface area contributed by atoms with Crippen LogP contribution in [0, 0.1) is 0 Å². The average molecular weight is 331 g/mol. The van der Waals surface area contributed by atoms with Crippen molar-refractivity contribution < 1.29 is 9.15 Å². The van der Waals surface area contributed by atoms with E-state index in [4.69, 9.17) is 9.15 Å². The van der Waals surface area contributed by atoms with Gasteiger partial charge in [0.05, 0.1) is 12.9 Å². The molecule has 0 saturated heterocycles. The van der Waals surface area contributed by atoms with E-state index in [1.165, 1.54) is 11.1 Å². The van der Waals surface area contributed by atoms with Gasteiger partial charge in [-0.2, -0.15) is 0 Å². The van der Waals surface area contributed by atoms with Crippen molar-refractivity contribution in [3.63, 3.8) is 0 Å². The van der Waals surface area contributed by atoms with Crippen LogP contribution in [0.5, 0.6) is 5.75 Å². The maximum atomic E-state index is 5.86. The van der Waals surface area contributed by atoms with E-state index >= 15 is 0 Å². The normalized spacial score (nSPS) is 10.8. The van der Waals surface area contributed by atoms with E-state index in [9.17, 15) is 0 Å². The molecule has 0 fully saturated rings. The highest BCUT2D eigenvalue weighted by atomic mass is 79.9. The first-order valence-corrected chi connectivity index (χ1v) is 7.75. The summed E-state index contributed by atoms with van der Waals surface area (Å²) in [6, 6.07) is 14.5. The Morgan fingerprint density at radius 3 is 2.60 bits per heavy atom. The molecule has 1 aromatic rings. The SMILES string of the molecule is BrCCCOc1cocc2ccc(-c3ccccc3)c1-2. The molecule has 3 rings (SSSR count). The van der Waals surface area contributed by atoms with Crippen LogP contribution in [0.2, 0.25) is 0 Å². The molecule has 0 saturated carbocycles. The number of alkyl halides is 1. The molecule has 0 atom stereocenters. The summed E-state index contributed by atoms with van der Waals surface area (Å²) in [6.45, 7) is 0.680. The molecule has 1 aliphatic heterocycles. The zero-order valence-electron chi connectivity index (χ0n) is 11.0. The largest absolute Gasteiger partial charge is 0.490 e. The Morgan fingerprint density at radius 1 is 0.950 bits per heavy atom. The van der Waals surface area contributed by atoms with Crippen LogP contribution in [-0.4, -0.2) is 11.9 Å². The van der Waals surface area contributed by atoms with Gasteiger partial charge >= 0.3 is 0 Å². The maximum absolute atomic E-state index is 5.86. The van der Waals surface area contributed by atoms with Crippen LogP contribution >= 0.6 is 15.9 Å². The van der Waals surface area contributed by atoms with Crippen molar-refractivity contribution in [1.29, 1.82) is 0 Å². The van der Waals surface area contributed by atoms with Gasteiger partial charge in [0, 0.05) is 16.5 Å². The molecule has 0 bridgehead atoms. The van der Waals surface area contributed by atoms with E-state index in [-0.39, 0.29) is 0 Å². The van der Waals surface area contributed by atoms with Crippen molar-refractivity contribution in [3.8, 4) is 28.0 Å². The van der Waals surface area contributed by atoms with Gasteiger partial charge in [0.15, 0.2) is 5.75 Å². The zero-order valence-corrected chi connectivity index (χ0v) is 12.6. The Kier molecular flexibility index (Phi) is 4.07. The van der Waals surface area contributed by atoms with E-state index < -0.39 is 0 Å². The van der Waals surface area contributed by atoms with E-state index in [0.29, 0.717) is 6.61 Å². The quantitative estimate of drug-likeness (QED) is 0.473. The van der Waals surface area contributed by atoms with Crippen molar-refractivity contribution in [2.75, 3.05) is 11.9 Å². The Bertz CT molecular complexity index is 645. The molecule has 20 heavy (non-hydrogen) atoms. The molecule has 1 aliphatic carbocycles. The molecule has 0 aromatic heterocycles. The molecular weight excluding hydrogens is 316 g/mol. The predicted octanol–water partition coefficient (Wildman–Crippen LogP) is 5.22. The molecular formula is C17H15BrO2. The highest BCUT2D eigenvalue weighted by Crippen LogP contribution is 2.41. The molecule has 102 valence electrons. The second-order valence-corrected chi connectivity index (χ2v) is 5.36. The van der Waals surface area contributed by atoms with Gasteiger partial charge in [0.1, 0.15) is 6.26 Å². The molecule has 1 heterocycles. The first-order chi connectivity index (χ1) is 9.90. The Labute approximate surface area is 126 Å². The standard InChI is InChI=1S/C17H15BrO2/c18-9-4-10-20-16-12-19-11-14-7-8-15(17(14)16)13-5-2-1-3-6-13/h1-3,5-8,11-12H,4,9-10H2. The summed E-state index contributed by atoms with van der Waals surface area (Å²) in [5.41, 5.74) is 4.57. The number of halogens is 1. The van der Waals surface area contributed by atoms with Crippen molar-refractivity contribution in [3.05, 3.63) is 55.0 Å². The van der Waals surface area contributed by atoms with Crippen molar-refractivity contribution in [2.45, 2.75) is 6.42 Å². The molecule has 1 aromatic carbocycles. The molecule has 3 heteroatoms. The van der Waals surface area contributed by atoms with Gasteiger partial charge in [0.25, 0.3) is 0 Å². The fourth-order valence-corrected chi connectivity index (χ4v) is 2.53. The lowest BCUT2D eigenvalue weighted by Crippen LogP contribution is -1.99. The van der Waals surface area contributed by atoms with E-state index in [2.05, 4.69) is 40.2 Å². The molecule has 0 radical (unpaired) electrons. The van der Waals surface area contributed by atoms with Gasteiger partial charge in [-0.15, -0.1) is 0 Å². The Hall–Kier alpha value is -1.74. The van der Waals surface area contributed by atoms with Gasteiger partial charge in [-0.3, -0.25) is 0 Å². The summed E-state index contributed by atoms with van der Waals surface area (Å²) in [5, 5.41) is 0.937. The first kappa shape index (κ1) is 13.3. The summed E-state index contributed by atoms with van der Waals surface area (Å²) < 4.78 is 11.2. The molecule has 2 nitrogen and oxygen atoms in total. The topological polar surface area (TPSA) is 22.4 Å². The minimum absolute atomic E-state index is 0.680. The number of benzene rings is 1. The summed E-state index contributed by atoms with van der Waals surface area (Å²) in [5.74, 6) is 0.812. The average Bonchev–Trinajstić information content (AvgIpc) is 2.93. The molecule has 0 N–H and O–H groups in total. The second-order valence-electron chi connectivity index (χ2n) is 4.57. The zero-order chi connectivity index (χ0) is 13.8. The minimum atomic E-state index is 0.680. The van der Waals surface area contributed by atoms with Crippen molar-refractivity contribution >= 4 is 15.9 Å². The second kappa shape index (κ2) is 6.14. The summed E-state index contributed by atoms with van der Waals surface area (Å²) in [7, 11) is 0. The number of ether oxygens (including phenoxy) is 1. The van der Waals surface area contributed by atoms with Crippen LogP contribution in [-0.2, 0) is 0 Å². The fraction of sp³-hybridized carbons (Fsp3) is 0.176. The van der Waals surface area contributed by atoms with Crippen LogP contribution in [0.25, 0.3) is 22.3 Å². The molecule has 0 spiro atoms. The van der Waals surface area contributed by atoms with Crippen LogP contribution in [0.1, 0.15) is 6.42 Å². The molecule has 0 amide bonds. The Balaban J connectivity index is 2.01. The fourth-order valence-electron chi connectivity index (χ4n) is 2.30. The lowest BCUT2D eigenvalue weighted by molar-refractivity contribution is 0.309. The third-order valence-electron chi connectivity index (χ3n) is 3.22. The van der Waals surface area contributed by atoms with Gasteiger partial charge in [-0.25, -0.2) is 0 Å². The molecule has 0 unspecified atom stereocenters. The van der Waals surface area contributed by atoms with Gasteiger partial charge < -0.3 is 9.15 Å². The van der Waals surface area contributed by atoms with Gasteiger partial charge in [-0.1, -0.05) is 58.4 Å². The first-order valence-electron chi connectivity index (χ1n) is 6.63. The number of hydrogen-bond donors (Lipinski definition) is 0. The predicted molar refractivity (Wildman–Crippen MR) is 84.7 cm³/mol.